The second-order valence-corrected chi connectivity index (χ2v) is 7.64. The molecule has 9 nitrogen and oxygen atoms in total. The number of nitrogens with zero attached hydrogens (tertiary/aromatic N) is 5. The minimum atomic E-state index is -1.02. The van der Waals surface area contributed by atoms with Gasteiger partial charge in [0.1, 0.15) is 11.6 Å². The molecule has 4 aromatic rings. The minimum Gasteiger partial charge on any atom is -0.478 e. The predicted molar refractivity (Wildman–Crippen MR) is 116 cm³/mol. The molecule has 164 valence electrons. The molecule has 3 heterocycles. The Hall–Kier alpha value is -4.47. The SMILES string of the molecule is Cc1nn(-c2nncc(-c3ccc(F)cc3)n2)c2c1C(c1ccc(C(=O)O)cc1)CC(=O)N2. The van der Waals surface area contributed by atoms with Crippen molar-refractivity contribution in [2.75, 3.05) is 5.32 Å². The van der Waals surface area contributed by atoms with Crippen LogP contribution in [0.5, 0.6) is 0 Å². The molecule has 0 bridgehead atoms. The molecule has 2 aromatic carbocycles. The van der Waals surface area contributed by atoms with Crippen molar-refractivity contribution < 1.29 is 19.1 Å². The molecule has 0 saturated heterocycles. The highest BCUT2D eigenvalue weighted by Crippen LogP contribution is 2.40. The summed E-state index contributed by atoms with van der Waals surface area (Å²) in [5.41, 5.74) is 3.58. The number of anilines is 1. The zero-order chi connectivity index (χ0) is 23.1. The quantitative estimate of drug-likeness (QED) is 0.495. The maximum absolute atomic E-state index is 13.3. The molecule has 0 spiro atoms. The van der Waals surface area contributed by atoms with E-state index in [1.165, 1.54) is 35.1 Å². The van der Waals surface area contributed by atoms with Gasteiger partial charge in [-0.25, -0.2) is 14.2 Å². The third-order valence-corrected chi connectivity index (χ3v) is 5.54. The number of aromatic carboxylic acids is 1. The molecule has 10 heteroatoms. The Labute approximate surface area is 186 Å². The molecule has 2 aromatic heterocycles. The molecule has 1 aliphatic rings. The average Bonchev–Trinajstić information content (AvgIpc) is 3.15. The lowest BCUT2D eigenvalue weighted by molar-refractivity contribution is -0.116. The van der Waals surface area contributed by atoms with E-state index < -0.39 is 5.97 Å². The third-order valence-electron chi connectivity index (χ3n) is 5.54. The summed E-state index contributed by atoms with van der Waals surface area (Å²) < 4.78 is 14.7. The van der Waals surface area contributed by atoms with E-state index in [-0.39, 0.29) is 35.6 Å². The van der Waals surface area contributed by atoms with Crippen LogP contribution in [0.2, 0.25) is 0 Å². The third kappa shape index (κ3) is 3.71. The van der Waals surface area contributed by atoms with Crippen LogP contribution >= 0.6 is 0 Å². The lowest BCUT2D eigenvalue weighted by Crippen LogP contribution is -2.25. The number of aromatic nitrogens is 5. The van der Waals surface area contributed by atoms with Gasteiger partial charge in [-0.15, -0.1) is 5.10 Å². The van der Waals surface area contributed by atoms with Gasteiger partial charge in [0.25, 0.3) is 5.95 Å². The van der Waals surface area contributed by atoms with Crippen molar-refractivity contribution in [1.29, 1.82) is 0 Å². The van der Waals surface area contributed by atoms with Gasteiger partial charge in [-0.2, -0.15) is 14.9 Å². The molecule has 0 saturated carbocycles. The minimum absolute atomic E-state index is 0.156. The van der Waals surface area contributed by atoms with Crippen LogP contribution in [0.4, 0.5) is 10.2 Å². The number of carboxylic acid groups (broad SMARTS) is 1. The zero-order valence-corrected chi connectivity index (χ0v) is 17.4. The number of carbonyl (C=O) groups excluding carboxylic acids is 1. The molecule has 0 aliphatic carbocycles. The Balaban J connectivity index is 1.58. The smallest absolute Gasteiger partial charge is 0.335 e. The number of fused-ring (bicyclic) bond motifs is 1. The number of carbonyl (C=O) groups is 2. The van der Waals surface area contributed by atoms with Crippen molar-refractivity contribution in [1.82, 2.24) is 25.0 Å². The summed E-state index contributed by atoms with van der Waals surface area (Å²) in [6.45, 7) is 1.82. The van der Waals surface area contributed by atoms with Crippen LogP contribution < -0.4 is 5.32 Å². The summed E-state index contributed by atoms with van der Waals surface area (Å²) >= 11 is 0. The van der Waals surface area contributed by atoms with E-state index in [0.29, 0.717) is 22.8 Å². The summed E-state index contributed by atoms with van der Waals surface area (Å²) in [5, 5.41) is 24.6. The summed E-state index contributed by atoms with van der Waals surface area (Å²) in [4.78, 5) is 28.2. The number of halogens is 1. The summed E-state index contributed by atoms with van der Waals surface area (Å²) in [5.74, 6) is -1.30. The number of benzene rings is 2. The van der Waals surface area contributed by atoms with Gasteiger partial charge in [-0.1, -0.05) is 12.1 Å². The molecule has 2 N–H and O–H groups in total. The zero-order valence-electron chi connectivity index (χ0n) is 17.4. The first-order valence-corrected chi connectivity index (χ1v) is 10.1. The van der Waals surface area contributed by atoms with E-state index in [1.807, 2.05) is 6.92 Å². The first kappa shape index (κ1) is 20.4. The van der Waals surface area contributed by atoms with E-state index in [0.717, 1.165) is 11.1 Å². The lowest BCUT2D eigenvalue weighted by atomic mass is 9.85. The maximum Gasteiger partial charge on any atom is 0.335 e. The molecular formula is C23H17FN6O3. The number of hydrogen-bond donors (Lipinski definition) is 2. The number of aryl methyl sites for hydroxylation is 1. The van der Waals surface area contributed by atoms with Gasteiger partial charge in [0.05, 0.1) is 23.1 Å². The van der Waals surface area contributed by atoms with E-state index in [4.69, 9.17) is 5.11 Å². The molecular weight excluding hydrogens is 427 g/mol. The number of rotatable bonds is 4. The largest absolute Gasteiger partial charge is 0.478 e. The molecule has 33 heavy (non-hydrogen) atoms. The van der Waals surface area contributed by atoms with Gasteiger partial charge in [0.2, 0.25) is 5.91 Å². The Morgan fingerprint density at radius 3 is 2.58 bits per heavy atom. The Bertz CT molecular complexity index is 1380. The Morgan fingerprint density at radius 2 is 1.88 bits per heavy atom. The highest BCUT2D eigenvalue weighted by Gasteiger charge is 2.33. The highest BCUT2D eigenvalue weighted by atomic mass is 19.1. The lowest BCUT2D eigenvalue weighted by Gasteiger charge is -2.24. The fourth-order valence-electron chi connectivity index (χ4n) is 3.98. The Kier molecular flexibility index (Phi) is 4.89. The van der Waals surface area contributed by atoms with E-state index in [9.17, 15) is 14.0 Å². The van der Waals surface area contributed by atoms with Gasteiger partial charge in [0, 0.05) is 23.5 Å². The summed E-state index contributed by atoms with van der Waals surface area (Å²) in [7, 11) is 0. The van der Waals surface area contributed by atoms with E-state index in [1.54, 1.807) is 24.3 Å². The van der Waals surface area contributed by atoms with Crippen LogP contribution in [0.3, 0.4) is 0 Å². The first-order chi connectivity index (χ1) is 15.9. The summed E-state index contributed by atoms with van der Waals surface area (Å²) in [6.07, 6.45) is 1.66. The van der Waals surface area contributed by atoms with Crippen LogP contribution in [0, 0.1) is 12.7 Å². The molecule has 5 rings (SSSR count). The fraction of sp³-hybridized carbons (Fsp3) is 0.130. The highest BCUT2D eigenvalue weighted by molar-refractivity contribution is 5.95. The van der Waals surface area contributed by atoms with Crippen LogP contribution in [0.25, 0.3) is 17.2 Å². The second-order valence-electron chi connectivity index (χ2n) is 7.64. The normalized spacial score (nSPS) is 15.1. The molecule has 1 unspecified atom stereocenters. The van der Waals surface area contributed by atoms with Crippen LogP contribution in [0.15, 0.2) is 54.7 Å². The van der Waals surface area contributed by atoms with Crippen molar-refractivity contribution in [3.8, 4) is 17.2 Å². The van der Waals surface area contributed by atoms with Crippen molar-refractivity contribution in [3.63, 3.8) is 0 Å². The molecule has 0 radical (unpaired) electrons. The van der Waals surface area contributed by atoms with Gasteiger partial charge < -0.3 is 10.4 Å². The predicted octanol–water partition coefficient (Wildman–Crippen LogP) is 3.34. The number of amides is 1. The first-order valence-electron chi connectivity index (χ1n) is 10.1. The van der Waals surface area contributed by atoms with Crippen LogP contribution in [0.1, 0.15) is 39.5 Å². The van der Waals surface area contributed by atoms with Crippen molar-refractivity contribution in [2.24, 2.45) is 0 Å². The van der Waals surface area contributed by atoms with Gasteiger partial charge in [-0.3, -0.25) is 4.79 Å². The molecule has 0 fully saturated rings. The number of carboxylic acids is 1. The molecule has 1 atom stereocenters. The molecule has 1 aliphatic heterocycles. The second kappa shape index (κ2) is 7.90. The number of nitrogens with one attached hydrogen (secondary N) is 1. The van der Waals surface area contributed by atoms with Crippen molar-refractivity contribution in [2.45, 2.75) is 19.3 Å². The number of hydrogen-bond acceptors (Lipinski definition) is 6. The topological polar surface area (TPSA) is 123 Å². The van der Waals surface area contributed by atoms with E-state index in [2.05, 4.69) is 25.6 Å². The average molecular weight is 444 g/mol. The van der Waals surface area contributed by atoms with Crippen molar-refractivity contribution in [3.05, 3.63) is 82.9 Å². The van der Waals surface area contributed by atoms with Gasteiger partial charge in [-0.05, 0) is 48.9 Å². The molecule has 1 amide bonds. The van der Waals surface area contributed by atoms with E-state index >= 15 is 0 Å². The van der Waals surface area contributed by atoms with Crippen LogP contribution in [-0.2, 0) is 4.79 Å². The fourth-order valence-corrected chi connectivity index (χ4v) is 3.98. The van der Waals surface area contributed by atoms with Gasteiger partial charge >= 0.3 is 5.97 Å². The Morgan fingerprint density at radius 1 is 1.15 bits per heavy atom. The van der Waals surface area contributed by atoms with Crippen molar-refractivity contribution >= 4 is 17.7 Å². The van der Waals surface area contributed by atoms with Gasteiger partial charge in [0.15, 0.2) is 0 Å². The maximum atomic E-state index is 13.3. The standard InChI is InChI=1S/C23H17FN6O3/c1-12-20-17(13-2-4-15(5-3-13)22(32)33)10-19(31)27-21(20)30(29-12)23-26-18(11-25-28-23)14-6-8-16(24)9-7-14/h2-9,11,17H,10H2,1H3,(H,27,31)(H,32,33). The van der Waals surface area contributed by atoms with Crippen LogP contribution in [-0.4, -0.2) is 41.9 Å². The monoisotopic (exact) mass is 444 g/mol. The summed E-state index contributed by atoms with van der Waals surface area (Å²) in [6, 6.07) is 12.3.